The first-order valence-corrected chi connectivity index (χ1v) is 15.4. The maximum atomic E-state index is 10.8. The molecule has 0 unspecified atom stereocenters. The van der Waals surface area contributed by atoms with Gasteiger partial charge in [-0.25, -0.2) is 0 Å². The standard InChI is InChI=1S/C21H25O3PSe/c1-16-4-10-19(11-5-16)26(25(22,23)24,20-12-6-17(2)7-13-20)21-14-8-18(3)9-15-21/h4-15,22-24,26H,1-3H3. The fourth-order valence-corrected chi connectivity index (χ4v) is 17.6. The van der Waals surface area contributed by atoms with Crippen LogP contribution in [0.1, 0.15) is 16.7 Å². The van der Waals surface area contributed by atoms with Gasteiger partial charge in [0.15, 0.2) is 0 Å². The molecular weight excluding hydrogens is 410 g/mol. The van der Waals surface area contributed by atoms with Gasteiger partial charge in [-0.2, -0.15) is 0 Å². The first-order chi connectivity index (χ1) is 12.2. The van der Waals surface area contributed by atoms with Crippen LogP contribution in [0.25, 0.3) is 0 Å². The second-order valence-corrected chi connectivity index (χ2v) is 20.2. The van der Waals surface area contributed by atoms with Gasteiger partial charge in [0.1, 0.15) is 0 Å². The molecule has 0 aliphatic rings. The molecule has 0 spiro atoms. The van der Waals surface area contributed by atoms with Crippen LogP contribution >= 0.6 is 6.19 Å². The third kappa shape index (κ3) is 3.37. The molecule has 0 saturated heterocycles. The van der Waals surface area contributed by atoms with Crippen LogP contribution in [0.3, 0.4) is 0 Å². The average molecular weight is 435 g/mol. The molecule has 26 heavy (non-hydrogen) atoms. The van der Waals surface area contributed by atoms with Crippen molar-refractivity contribution in [2.24, 2.45) is 0 Å². The molecule has 0 aliphatic heterocycles. The topological polar surface area (TPSA) is 60.7 Å². The molecule has 3 aromatic carbocycles. The molecule has 0 bridgehead atoms. The van der Waals surface area contributed by atoms with Crippen LogP contribution in [-0.4, -0.2) is 26.6 Å². The van der Waals surface area contributed by atoms with Crippen molar-refractivity contribution in [2.75, 3.05) is 0 Å². The molecule has 0 amide bonds. The summed E-state index contributed by atoms with van der Waals surface area (Å²) < 4.78 is 2.46. The van der Waals surface area contributed by atoms with Crippen LogP contribution in [0, 0.1) is 20.8 Å². The van der Waals surface area contributed by atoms with E-state index in [1.54, 1.807) is 0 Å². The molecule has 5 heteroatoms. The minimum absolute atomic E-state index is 0.822. The summed E-state index contributed by atoms with van der Waals surface area (Å²) >= 11 is -3.89. The van der Waals surface area contributed by atoms with Crippen molar-refractivity contribution in [3.63, 3.8) is 0 Å². The Labute approximate surface area is 156 Å². The number of rotatable bonds is 3. The molecule has 3 N–H and O–H groups in total. The van der Waals surface area contributed by atoms with Crippen LogP contribution < -0.4 is 13.4 Å². The zero-order valence-electron chi connectivity index (χ0n) is 15.2. The predicted molar refractivity (Wildman–Crippen MR) is 113 cm³/mol. The third-order valence-electron chi connectivity index (χ3n) is 4.63. The Hall–Kier alpha value is -1.51. The van der Waals surface area contributed by atoms with E-state index in [2.05, 4.69) is 0 Å². The van der Waals surface area contributed by atoms with Crippen molar-refractivity contribution in [3.05, 3.63) is 89.5 Å². The molecule has 0 aromatic heterocycles. The molecule has 0 aliphatic carbocycles. The van der Waals surface area contributed by atoms with Gasteiger partial charge in [0.05, 0.1) is 0 Å². The van der Waals surface area contributed by atoms with E-state index in [-0.39, 0.29) is 0 Å². The Bertz CT molecular complexity index is 859. The molecule has 0 atom stereocenters. The molecule has 3 rings (SSSR count). The summed E-state index contributed by atoms with van der Waals surface area (Å²) in [5.41, 5.74) is 3.27. The van der Waals surface area contributed by atoms with Crippen LogP contribution in [0.4, 0.5) is 0 Å². The quantitative estimate of drug-likeness (QED) is 0.436. The summed E-state index contributed by atoms with van der Waals surface area (Å²) in [4.78, 5) is 32.4. The van der Waals surface area contributed by atoms with Crippen molar-refractivity contribution in [3.8, 4) is 0 Å². The molecule has 0 radical (unpaired) electrons. The summed E-state index contributed by atoms with van der Waals surface area (Å²) in [6.45, 7) is 5.98. The Kier molecular flexibility index (Phi) is 5.37. The molecule has 0 fully saturated rings. The summed E-state index contributed by atoms with van der Waals surface area (Å²) in [6, 6.07) is 23.4. The van der Waals surface area contributed by atoms with Gasteiger partial charge in [-0.3, -0.25) is 0 Å². The van der Waals surface area contributed by atoms with E-state index in [1.165, 1.54) is 0 Å². The van der Waals surface area contributed by atoms with E-state index in [4.69, 9.17) is 0 Å². The van der Waals surface area contributed by atoms with Gasteiger partial charge < -0.3 is 0 Å². The van der Waals surface area contributed by atoms with Crippen LogP contribution in [-0.2, 0) is 0 Å². The van der Waals surface area contributed by atoms with Gasteiger partial charge in [-0.1, -0.05) is 0 Å². The van der Waals surface area contributed by atoms with Gasteiger partial charge >= 0.3 is 156 Å². The number of hydrogen-bond donors (Lipinski definition) is 3. The average Bonchev–Trinajstić information content (AvgIpc) is 2.59. The molecule has 138 valence electrons. The second-order valence-electron chi connectivity index (χ2n) is 6.68. The van der Waals surface area contributed by atoms with E-state index in [0.29, 0.717) is 0 Å². The summed E-state index contributed by atoms with van der Waals surface area (Å²) in [7, 11) is 0. The Morgan fingerprint density at radius 2 is 0.731 bits per heavy atom. The summed E-state index contributed by atoms with van der Waals surface area (Å²) in [5.74, 6) is 0. The number of aryl methyl sites for hydroxylation is 3. The summed E-state index contributed by atoms with van der Waals surface area (Å²) in [6.07, 6.45) is -4.20. The SMILES string of the molecule is Cc1ccc([SeH](c2ccc(C)cc2)(c2ccc(C)cc2)=P(O)(O)O)cc1. The van der Waals surface area contributed by atoms with Gasteiger partial charge in [-0.05, 0) is 0 Å². The van der Waals surface area contributed by atoms with Crippen LogP contribution in [0.2, 0.25) is 0 Å². The van der Waals surface area contributed by atoms with Crippen LogP contribution in [0.5, 0.6) is 0 Å². The van der Waals surface area contributed by atoms with Crippen molar-refractivity contribution in [2.45, 2.75) is 20.8 Å². The van der Waals surface area contributed by atoms with Crippen LogP contribution in [0.15, 0.2) is 72.8 Å². The molecule has 3 aromatic rings. The van der Waals surface area contributed by atoms with E-state index >= 15 is 0 Å². The predicted octanol–water partition coefficient (Wildman–Crippen LogP) is 2.05. The van der Waals surface area contributed by atoms with Crippen molar-refractivity contribution >= 4 is 31.5 Å². The molecular formula is C21H25O3PSe. The van der Waals surface area contributed by atoms with Gasteiger partial charge in [0, 0.05) is 0 Å². The number of hydrogen-bond acceptors (Lipinski definition) is 3. The fourth-order valence-electron chi connectivity index (χ4n) is 3.19. The van der Waals surface area contributed by atoms with Gasteiger partial charge in [0.2, 0.25) is 0 Å². The fraction of sp³-hybridized carbons (Fsp3) is 0.143. The van der Waals surface area contributed by atoms with E-state index < -0.39 is 18.1 Å². The Morgan fingerprint density at radius 1 is 0.500 bits per heavy atom. The minimum atomic E-state index is -4.20. The van der Waals surface area contributed by atoms with E-state index in [0.717, 1.165) is 30.1 Å². The zero-order valence-corrected chi connectivity index (χ0v) is 17.9. The Morgan fingerprint density at radius 3 is 0.923 bits per heavy atom. The first kappa shape index (κ1) is 19.3. The zero-order chi connectivity index (χ0) is 18.9. The molecule has 3 nitrogen and oxygen atoms in total. The van der Waals surface area contributed by atoms with Crippen molar-refractivity contribution in [1.82, 2.24) is 0 Å². The van der Waals surface area contributed by atoms with Crippen molar-refractivity contribution < 1.29 is 14.7 Å². The van der Waals surface area contributed by atoms with E-state index in [1.807, 2.05) is 93.6 Å². The number of benzene rings is 3. The maximum absolute atomic E-state index is 10.8. The van der Waals surface area contributed by atoms with Gasteiger partial charge in [-0.15, -0.1) is 0 Å². The van der Waals surface area contributed by atoms with E-state index in [9.17, 15) is 14.7 Å². The molecule has 0 saturated carbocycles. The monoisotopic (exact) mass is 436 g/mol. The normalized spacial score (nSPS) is 12.8. The molecule has 0 heterocycles. The third-order valence-corrected chi connectivity index (χ3v) is 20.7. The second kappa shape index (κ2) is 7.25. The van der Waals surface area contributed by atoms with Crippen molar-refractivity contribution in [1.29, 1.82) is 0 Å². The Balaban J connectivity index is 2.50. The summed E-state index contributed by atoms with van der Waals surface area (Å²) in [5, 5.41) is 0. The first-order valence-electron chi connectivity index (χ1n) is 8.43. The van der Waals surface area contributed by atoms with Gasteiger partial charge in [0.25, 0.3) is 0 Å².